The van der Waals surface area contributed by atoms with Gasteiger partial charge >= 0.3 is 0 Å². The molecule has 0 amide bonds. The van der Waals surface area contributed by atoms with E-state index < -0.39 is 7.52 Å². The summed E-state index contributed by atoms with van der Waals surface area (Å²) in [7, 11) is -1.34. The lowest BCUT2D eigenvalue weighted by Crippen LogP contribution is -2.22. The Bertz CT molecular complexity index is 799. The number of anilines is 1. The third kappa shape index (κ3) is 6.19. The van der Waals surface area contributed by atoms with Crippen LogP contribution in [-0.2, 0) is 9.09 Å². The first-order chi connectivity index (χ1) is 12.4. The third-order valence-electron chi connectivity index (χ3n) is 3.26. The van der Waals surface area contributed by atoms with Gasteiger partial charge in [0.15, 0.2) is 11.5 Å². The summed E-state index contributed by atoms with van der Waals surface area (Å²) >= 11 is 3.36. The normalized spacial score (nSPS) is 14.1. The maximum Gasteiger partial charge on any atom is 0.266 e. The van der Waals surface area contributed by atoms with Crippen LogP contribution < -0.4 is 15.9 Å². The summed E-state index contributed by atoms with van der Waals surface area (Å²) in [6, 6.07) is 7.23. The molecule has 10 nitrogen and oxygen atoms in total. The molecule has 1 aromatic heterocycles. The molecule has 0 aliphatic heterocycles. The van der Waals surface area contributed by atoms with Crippen LogP contribution in [-0.4, -0.2) is 48.2 Å². The Morgan fingerprint density at radius 2 is 2.23 bits per heavy atom. The predicted molar refractivity (Wildman–Crippen MR) is 101 cm³/mol. The van der Waals surface area contributed by atoms with Gasteiger partial charge in [0.1, 0.15) is 0 Å². The van der Waals surface area contributed by atoms with Gasteiger partial charge in [0, 0.05) is 31.3 Å². The number of aliphatic imine (C=N–C) groups is 1. The first-order valence-electron chi connectivity index (χ1n) is 7.64. The van der Waals surface area contributed by atoms with E-state index in [1.165, 1.54) is 13.8 Å². The van der Waals surface area contributed by atoms with E-state index >= 15 is 0 Å². The first-order valence-corrected chi connectivity index (χ1v) is 10.5. The summed E-state index contributed by atoms with van der Waals surface area (Å²) in [5, 5.41) is 22.8. The Labute approximate surface area is 159 Å². The van der Waals surface area contributed by atoms with Gasteiger partial charge in [-0.15, -0.1) is 0 Å². The number of nitrogens with one attached hydrogen (secondary N) is 3. The SMILES string of the molecule is COP(C)(=O)NCCCNc1nonc1C(=Nc1cccc(Br)c1)NO. The van der Waals surface area contributed by atoms with Crippen LogP contribution in [0.25, 0.3) is 0 Å². The smallest absolute Gasteiger partial charge is 0.266 e. The average molecular weight is 447 g/mol. The van der Waals surface area contributed by atoms with Crippen LogP contribution in [0.1, 0.15) is 12.1 Å². The number of hydrogen-bond donors (Lipinski definition) is 4. The maximum absolute atomic E-state index is 11.7. The third-order valence-corrected chi connectivity index (χ3v) is 5.25. The van der Waals surface area contributed by atoms with Crippen molar-refractivity contribution in [2.45, 2.75) is 6.42 Å². The van der Waals surface area contributed by atoms with Crippen LogP contribution in [0, 0.1) is 0 Å². The molecular formula is C14H20BrN6O4P. The Hall–Kier alpha value is -1.78. The Balaban J connectivity index is 1.99. The zero-order chi connectivity index (χ0) is 19.0. The fourth-order valence-electron chi connectivity index (χ4n) is 1.91. The van der Waals surface area contributed by atoms with Crippen molar-refractivity contribution < 1.29 is 18.9 Å². The van der Waals surface area contributed by atoms with Gasteiger partial charge < -0.3 is 9.84 Å². The number of halogens is 1. The molecule has 0 aliphatic rings. The molecule has 1 unspecified atom stereocenters. The molecule has 4 N–H and O–H groups in total. The van der Waals surface area contributed by atoms with Gasteiger partial charge in [-0.05, 0) is 34.9 Å². The number of hydrogen-bond acceptors (Lipinski definition) is 8. The van der Waals surface area contributed by atoms with E-state index in [4.69, 9.17) is 9.15 Å². The summed E-state index contributed by atoms with van der Waals surface area (Å²) in [4.78, 5) is 4.29. The molecule has 0 radical (unpaired) electrons. The van der Waals surface area contributed by atoms with Crippen molar-refractivity contribution in [2.75, 3.05) is 32.2 Å². The van der Waals surface area contributed by atoms with Gasteiger partial charge in [-0.2, -0.15) is 0 Å². The highest BCUT2D eigenvalue weighted by atomic mass is 79.9. The van der Waals surface area contributed by atoms with Crippen molar-refractivity contribution in [2.24, 2.45) is 4.99 Å². The highest BCUT2D eigenvalue weighted by Gasteiger charge is 2.16. The molecular weight excluding hydrogens is 427 g/mol. The monoisotopic (exact) mass is 446 g/mol. The van der Waals surface area contributed by atoms with Gasteiger partial charge in [0.05, 0.1) is 5.69 Å². The number of nitrogens with zero attached hydrogens (tertiary/aromatic N) is 3. The molecule has 142 valence electrons. The number of amidine groups is 1. The van der Waals surface area contributed by atoms with Crippen molar-refractivity contribution in [1.29, 1.82) is 0 Å². The van der Waals surface area contributed by atoms with Crippen molar-refractivity contribution in [3.05, 3.63) is 34.4 Å². The molecule has 0 aliphatic carbocycles. The molecule has 1 aromatic carbocycles. The lowest BCUT2D eigenvalue weighted by Gasteiger charge is -2.12. The van der Waals surface area contributed by atoms with Crippen molar-refractivity contribution >= 4 is 40.8 Å². The van der Waals surface area contributed by atoms with E-state index in [-0.39, 0.29) is 11.5 Å². The molecule has 0 fully saturated rings. The molecule has 0 spiro atoms. The molecule has 1 heterocycles. The van der Waals surface area contributed by atoms with Gasteiger partial charge in [0.25, 0.3) is 7.52 Å². The minimum atomic E-state index is -2.74. The van der Waals surface area contributed by atoms with E-state index in [1.54, 1.807) is 12.1 Å². The van der Waals surface area contributed by atoms with Crippen LogP contribution in [0.15, 0.2) is 38.4 Å². The highest BCUT2D eigenvalue weighted by molar-refractivity contribution is 9.10. The second-order valence-corrected chi connectivity index (χ2v) is 8.52. The number of benzene rings is 1. The van der Waals surface area contributed by atoms with Gasteiger partial charge in [-0.1, -0.05) is 22.0 Å². The summed E-state index contributed by atoms with van der Waals surface area (Å²) in [6.07, 6.45) is 0.651. The number of rotatable bonds is 9. The minimum Gasteiger partial charge on any atom is -0.365 e. The van der Waals surface area contributed by atoms with Crippen molar-refractivity contribution in [1.82, 2.24) is 20.9 Å². The molecule has 1 atom stereocenters. The molecule has 0 bridgehead atoms. The molecule has 12 heteroatoms. The second-order valence-electron chi connectivity index (χ2n) is 5.23. The fourth-order valence-corrected chi connectivity index (χ4v) is 2.99. The van der Waals surface area contributed by atoms with Crippen LogP contribution in [0.2, 0.25) is 0 Å². The maximum atomic E-state index is 11.7. The topological polar surface area (TPSA) is 134 Å². The number of aromatic nitrogens is 2. The Morgan fingerprint density at radius 1 is 1.42 bits per heavy atom. The number of hydroxylamine groups is 1. The van der Waals surface area contributed by atoms with Gasteiger partial charge in [0.2, 0.25) is 5.82 Å². The quantitative estimate of drug-likeness (QED) is 0.151. The average Bonchev–Trinajstić information content (AvgIpc) is 3.07. The standard InChI is InChI=1S/C14H20BrN6O4P/c1-24-26(2,23)17-8-4-7-16-13-12(20-25-21-13)14(19-22)18-11-6-3-5-10(15)9-11/h3,5-6,9,22H,4,7-8H2,1-2H3,(H,16,21)(H,17,23)(H,18,19). The van der Waals surface area contributed by atoms with E-state index in [9.17, 15) is 9.77 Å². The van der Waals surface area contributed by atoms with Gasteiger partial charge in [-0.3, -0.25) is 15.3 Å². The largest absolute Gasteiger partial charge is 0.365 e. The van der Waals surface area contributed by atoms with Crippen LogP contribution >= 0.6 is 23.4 Å². The van der Waals surface area contributed by atoms with Gasteiger partial charge in [-0.25, -0.2) is 14.7 Å². The zero-order valence-corrected chi connectivity index (χ0v) is 16.7. The molecule has 0 saturated carbocycles. The van der Waals surface area contributed by atoms with Crippen molar-refractivity contribution in [3.8, 4) is 0 Å². The minimum absolute atomic E-state index is 0.0856. The summed E-state index contributed by atoms with van der Waals surface area (Å²) in [5.41, 5.74) is 2.85. The molecule has 2 aromatic rings. The first kappa shape index (κ1) is 20.5. The summed E-state index contributed by atoms with van der Waals surface area (Å²) in [5.74, 6) is 0.411. The second kappa shape index (κ2) is 9.79. The lowest BCUT2D eigenvalue weighted by molar-refractivity contribution is 0.234. The summed E-state index contributed by atoms with van der Waals surface area (Å²) < 4.78 is 22.1. The van der Waals surface area contributed by atoms with Crippen LogP contribution in [0.5, 0.6) is 0 Å². The van der Waals surface area contributed by atoms with E-state index in [2.05, 4.69) is 41.6 Å². The molecule has 0 saturated heterocycles. The van der Waals surface area contributed by atoms with E-state index in [0.29, 0.717) is 31.0 Å². The predicted octanol–water partition coefficient (Wildman–Crippen LogP) is 2.75. The van der Waals surface area contributed by atoms with Crippen LogP contribution in [0.3, 0.4) is 0 Å². The fraction of sp³-hybridized carbons (Fsp3) is 0.357. The summed E-state index contributed by atoms with van der Waals surface area (Å²) in [6.45, 7) is 2.51. The van der Waals surface area contributed by atoms with E-state index in [0.717, 1.165) is 4.47 Å². The molecule has 26 heavy (non-hydrogen) atoms. The Kier molecular flexibility index (Phi) is 7.73. The van der Waals surface area contributed by atoms with Crippen molar-refractivity contribution in [3.63, 3.8) is 0 Å². The zero-order valence-electron chi connectivity index (χ0n) is 14.3. The van der Waals surface area contributed by atoms with E-state index in [1.807, 2.05) is 17.6 Å². The van der Waals surface area contributed by atoms with Crippen LogP contribution in [0.4, 0.5) is 11.5 Å². The highest BCUT2D eigenvalue weighted by Crippen LogP contribution is 2.35. The Morgan fingerprint density at radius 3 is 2.92 bits per heavy atom. The molecule has 2 rings (SSSR count). The lowest BCUT2D eigenvalue weighted by atomic mass is 10.3.